The fraction of sp³-hybridized carbons (Fsp3) is 0.409. The number of nitrogens with zero attached hydrogens (tertiary/aromatic N) is 1. The van der Waals surface area contributed by atoms with Gasteiger partial charge in [0.25, 0.3) is 15.9 Å². The first-order valence-electron chi connectivity index (χ1n) is 9.99. The van der Waals surface area contributed by atoms with Crippen molar-refractivity contribution in [1.29, 1.82) is 0 Å². The maximum absolute atomic E-state index is 12.5. The van der Waals surface area contributed by atoms with Crippen LogP contribution in [0.25, 0.3) is 0 Å². The summed E-state index contributed by atoms with van der Waals surface area (Å²) in [5.41, 5.74) is 0.825. The number of likely N-dealkylation sites (tertiary alicyclic amines) is 1. The largest absolute Gasteiger partial charge is 0.350 e. The van der Waals surface area contributed by atoms with Crippen LogP contribution in [0.2, 0.25) is 0 Å². The lowest BCUT2D eigenvalue weighted by Crippen LogP contribution is -2.53. The van der Waals surface area contributed by atoms with Gasteiger partial charge in [-0.15, -0.1) is 0 Å². The highest BCUT2D eigenvalue weighted by atomic mass is 32.2. The van der Waals surface area contributed by atoms with Gasteiger partial charge in [-0.25, -0.2) is 8.42 Å². The Morgan fingerprint density at radius 2 is 1.59 bits per heavy atom. The molecule has 0 unspecified atom stereocenters. The van der Waals surface area contributed by atoms with E-state index in [1.165, 1.54) is 31.4 Å². The van der Waals surface area contributed by atoms with Gasteiger partial charge in [0.1, 0.15) is 0 Å². The van der Waals surface area contributed by atoms with Crippen molar-refractivity contribution < 1.29 is 13.2 Å². The molecule has 7 heteroatoms. The molecule has 0 atom stereocenters. The number of sulfonamides is 1. The Balaban J connectivity index is 1.61. The fourth-order valence-corrected chi connectivity index (χ4v) is 4.57. The summed E-state index contributed by atoms with van der Waals surface area (Å²) in [4.78, 5) is 15.1. The molecule has 1 fully saturated rings. The average molecular weight is 416 g/mol. The predicted octanol–water partition coefficient (Wildman–Crippen LogP) is 3.48. The number of rotatable bonds is 7. The Morgan fingerprint density at radius 1 is 0.966 bits per heavy atom. The monoisotopic (exact) mass is 415 g/mol. The standard InChI is InChI=1S/C22H29N3O3S/c1-22(2,25-15-7-4-8-16-25)17-23-21(26)18-11-13-20(14-12-18)29(27,28)24-19-9-5-3-6-10-19/h3,5-6,9-14,24H,4,7-8,15-17H2,1-2H3,(H,23,26). The number of piperidine rings is 1. The zero-order chi connectivity index (χ0) is 20.9. The number of hydrogen-bond donors (Lipinski definition) is 2. The van der Waals surface area contributed by atoms with Crippen LogP contribution >= 0.6 is 0 Å². The van der Waals surface area contributed by atoms with E-state index in [9.17, 15) is 13.2 Å². The minimum Gasteiger partial charge on any atom is -0.350 e. The lowest BCUT2D eigenvalue weighted by molar-refractivity contribution is 0.0797. The molecule has 156 valence electrons. The summed E-state index contributed by atoms with van der Waals surface area (Å²) in [7, 11) is -3.69. The molecule has 0 saturated carbocycles. The van der Waals surface area contributed by atoms with Crippen molar-refractivity contribution in [1.82, 2.24) is 10.2 Å². The highest BCUT2D eigenvalue weighted by Crippen LogP contribution is 2.20. The van der Waals surface area contributed by atoms with Crippen molar-refractivity contribution in [2.45, 2.75) is 43.5 Å². The van der Waals surface area contributed by atoms with Gasteiger partial charge in [0, 0.05) is 23.3 Å². The maximum atomic E-state index is 12.5. The first-order valence-corrected chi connectivity index (χ1v) is 11.5. The summed E-state index contributed by atoms with van der Waals surface area (Å²) in [6.07, 6.45) is 3.67. The number of anilines is 1. The normalized spacial score (nSPS) is 15.7. The highest BCUT2D eigenvalue weighted by Gasteiger charge is 2.28. The van der Waals surface area contributed by atoms with Crippen LogP contribution in [0.5, 0.6) is 0 Å². The Labute approximate surface area is 173 Å². The molecule has 3 rings (SSSR count). The van der Waals surface area contributed by atoms with Gasteiger partial charge in [0.15, 0.2) is 0 Å². The van der Waals surface area contributed by atoms with Gasteiger partial charge in [-0.05, 0) is 76.2 Å². The van der Waals surface area contributed by atoms with Gasteiger partial charge in [0.05, 0.1) is 4.90 Å². The maximum Gasteiger partial charge on any atom is 0.261 e. The lowest BCUT2D eigenvalue weighted by atomic mass is 9.98. The molecule has 0 spiro atoms. The Hall–Kier alpha value is -2.38. The Morgan fingerprint density at radius 3 is 2.21 bits per heavy atom. The third-order valence-electron chi connectivity index (χ3n) is 5.35. The quantitative estimate of drug-likeness (QED) is 0.726. The third kappa shape index (κ3) is 5.58. The molecule has 1 aliphatic heterocycles. The predicted molar refractivity (Wildman–Crippen MR) is 116 cm³/mol. The second-order valence-electron chi connectivity index (χ2n) is 8.04. The fourth-order valence-electron chi connectivity index (χ4n) is 3.52. The molecule has 0 radical (unpaired) electrons. The van der Waals surface area contributed by atoms with E-state index in [1.54, 1.807) is 36.4 Å². The first-order chi connectivity index (χ1) is 13.8. The Kier molecular flexibility index (Phi) is 6.59. The number of amides is 1. The number of carbonyl (C=O) groups is 1. The van der Waals surface area contributed by atoms with E-state index in [0.29, 0.717) is 17.8 Å². The number of nitrogens with one attached hydrogen (secondary N) is 2. The zero-order valence-corrected chi connectivity index (χ0v) is 17.8. The van der Waals surface area contributed by atoms with Crippen LogP contribution < -0.4 is 10.0 Å². The van der Waals surface area contributed by atoms with Crippen LogP contribution in [-0.4, -0.2) is 44.4 Å². The SMILES string of the molecule is CC(C)(CNC(=O)c1ccc(S(=O)(=O)Nc2ccccc2)cc1)N1CCCCC1. The summed E-state index contributed by atoms with van der Waals surface area (Å²) in [6.45, 7) is 6.95. The Bertz CT molecular complexity index is 920. The van der Waals surface area contributed by atoms with Crippen molar-refractivity contribution in [2.75, 3.05) is 24.4 Å². The van der Waals surface area contributed by atoms with Gasteiger partial charge < -0.3 is 5.32 Å². The van der Waals surface area contributed by atoms with Gasteiger partial charge in [-0.3, -0.25) is 14.4 Å². The van der Waals surface area contributed by atoms with Crippen molar-refractivity contribution in [3.8, 4) is 0 Å². The number of carbonyl (C=O) groups excluding carboxylic acids is 1. The topological polar surface area (TPSA) is 78.5 Å². The minimum absolute atomic E-state index is 0.112. The molecular formula is C22H29N3O3S. The van der Waals surface area contributed by atoms with Gasteiger partial charge >= 0.3 is 0 Å². The van der Waals surface area contributed by atoms with Gasteiger partial charge in [0.2, 0.25) is 0 Å². The second-order valence-corrected chi connectivity index (χ2v) is 9.72. The molecule has 2 aromatic rings. The first kappa shape index (κ1) is 21.3. The molecule has 6 nitrogen and oxygen atoms in total. The third-order valence-corrected chi connectivity index (χ3v) is 6.74. The molecule has 2 N–H and O–H groups in total. The molecule has 2 aromatic carbocycles. The molecule has 0 bridgehead atoms. The van der Waals surface area contributed by atoms with E-state index in [-0.39, 0.29) is 16.3 Å². The number of benzene rings is 2. The van der Waals surface area contributed by atoms with E-state index in [0.717, 1.165) is 13.1 Å². The molecule has 1 heterocycles. The number of para-hydroxylation sites is 1. The van der Waals surface area contributed by atoms with Crippen molar-refractivity contribution in [2.24, 2.45) is 0 Å². The van der Waals surface area contributed by atoms with Crippen LogP contribution in [0.4, 0.5) is 5.69 Å². The van der Waals surface area contributed by atoms with E-state index in [1.807, 2.05) is 6.07 Å². The molecule has 1 aliphatic rings. The van der Waals surface area contributed by atoms with Crippen molar-refractivity contribution in [3.05, 3.63) is 60.2 Å². The van der Waals surface area contributed by atoms with Crippen LogP contribution in [0, 0.1) is 0 Å². The van der Waals surface area contributed by atoms with Gasteiger partial charge in [-0.1, -0.05) is 24.6 Å². The van der Waals surface area contributed by atoms with Crippen LogP contribution in [-0.2, 0) is 10.0 Å². The summed E-state index contributed by atoms with van der Waals surface area (Å²) in [5.74, 6) is -0.199. The van der Waals surface area contributed by atoms with Crippen LogP contribution in [0.15, 0.2) is 59.5 Å². The summed E-state index contributed by atoms with van der Waals surface area (Å²) in [5, 5.41) is 2.99. The zero-order valence-electron chi connectivity index (χ0n) is 17.0. The smallest absolute Gasteiger partial charge is 0.261 e. The minimum atomic E-state index is -3.69. The van der Waals surface area contributed by atoms with Crippen molar-refractivity contribution in [3.63, 3.8) is 0 Å². The van der Waals surface area contributed by atoms with Gasteiger partial charge in [-0.2, -0.15) is 0 Å². The van der Waals surface area contributed by atoms with Crippen molar-refractivity contribution >= 4 is 21.6 Å². The lowest BCUT2D eigenvalue weighted by Gasteiger charge is -2.41. The molecular weight excluding hydrogens is 386 g/mol. The molecule has 0 aromatic heterocycles. The molecule has 0 aliphatic carbocycles. The van der Waals surface area contributed by atoms with E-state index in [4.69, 9.17) is 0 Å². The molecule has 1 saturated heterocycles. The van der Waals surface area contributed by atoms with Crippen LogP contribution in [0.1, 0.15) is 43.5 Å². The summed E-state index contributed by atoms with van der Waals surface area (Å²) >= 11 is 0. The average Bonchev–Trinajstić information content (AvgIpc) is 2.73. The van der Waals surface area contributed by atoms with E-state index in [2.05, 4.69) is 28.8 Å². The summed E-state index contributed by atoms with van der Waals surface area (Å²) < 4.78 is 27.5. The highest BCUT2D eigenvalue weighted by molar-refractivity contribution is 7.92. The van der Waals surface area contributed by atoms with Crippen LogP contribution in [0.3, 0.4) is 0 Å². The molecule has 29 heavy (non-hydrogen) atoms. The summed E-state index contributed by atoms with van der Waals surface area (Å²) in [6, 6.07) is 14.7. The van der Waals surface area contributed by atoms with E-state index < -0.39 is 10.0 Å². The number of hydrogen-bond acceptors (Lipinski definition) is 4. The van der Waals surface area contributed by atoms with E-state index >= 15 is 0 Å². The second kappa shape index (κ2) is 8.97. The molecule has 1 amide bonds.